The lowest BCUT2D eigenvalue weighted by Gasteiger charge is -2.28. The molecule has 0 aliphatic carbocycles. The van der Waals surface area contributed by atoms with Gasteiger partial charge in [0.05, 0.1) is 27.6 Å². The molecule has 0 aliphatic heterocycles. The molecule has 5 nitrogen and oxygen atoms in total. The second kappa shape index (κ2) is 19.4. The molecule has 0 spiro atoms. The van der Waals surface area contributed by atoms with E-state index in [2.05, 4.69) is 13.8 Å². The molecule has 0 heterocycles. The van der Waals surface area contributed by atoms with Crippen LogP contribution in [0.25, 0.3) is 0 Å². The van der Waals surface area contributed by atoms with Crippen molar-refractivity contribution in [3.05, 3.63) is 0 Å². The highest BCUT2D eigenvalue weighted by Gasteiger charge is 2.24. The first-order valence-electron chi connectivity index (χ1n) is 13.4. The SMILES string of the molecule is CCCCCCCCC(C)CCCCCCCCCC(=O)OC(CC(=O)O)C[N+](C)(C)C. The standard InChI is InChI=1S/C27H53NO4/c1-6-7-8-9-13-16-19-24(2)20-17-14-11-10-12-15-18-21-27(31)32-25(22-26(29)30)23-28(3,4)5/h24-25H,6-23H2,1-5H3/p+1. The molecule has 0 aromatic heterocycles. The van der Waals surface area contributed by atoms with E-state index in [9.17, 15) is 9.59 Å². The predicted octanol–water partition coefficient (Wildman–Crippen LogP) is 6.98. The highest BCUT2D eigenvalue weighted by molar-refractivity contribution is 5.71. The summed E-state index contributed by atoms with van der Waals surface area (Å²) in [5.41, 5.74) is 0. The summed E-state index contributed by atoms with van der Waals surface area (Å²) in [7, 11) is 5.91. The van der Waals surface area contributed by atoms with Gasteiger partial charge in [0.2, 0.25) is 0 Å². The Hall–Kier alpha value is -1.10. The quantitative estimate of drug-likeness (QED) is 0.108. The van der Waals surface area contributed by atoms with Crippen molar-refractivity contribution in [1.82, 2.24) is 0 Å². The Kier molecular flexibility index (Phi) is 18.7. The summed E-state index contributed by atoms with van der Waals surface area (Å²) < 4.78 is 6.01. The van der Waals surface area contributed by atoms with Crippen LogP contribution >= 0.6 is 0 Å². The van der Waals surface area contributed by atoms with Crippen LogP contribution in [-0.2, 0) is 14.3 Å². The molecule has 0 saturated carbocycles. The number of carboxylic acid groups (broad SMARTS) is 1. The molecule has 2 atom stereocenters. The van der Waals surface area contributed by atoms with E-state index < -0.39 is 12.1 Å². The Morgan fingerprint density at radius 2 is 1.25 bits per heavy atom. The van der Waals surface area contributed by atoms with Gasteiger partial charge >= 0.3 is 11.9 Å². The van der Waals surface area contributed by atoms with Crippen molar-refractivity contribution in [3.8, 4) is 0 Å². The van der Waals surface area contributed by atoms with E-state index in [0.717, 1.165) is 25.2 Å². The van der Waals surface area contributed by atoms with Crippen LogP contribution in [0.5, 0.6) is 0 Å². The summed E-state index contributed by atoms with van der Waals surface area (Å²) in [4.78, 5) is 23.1. The summed E-state index contributed by atoms with van der Waals surface area (Å²) in [6.45, 7) is 5.19. The minimum atomic E-state index is -0.923. The third kappa shape index (κ3) is 22.1. The number of quaternary nitrogens is 1. The molecule has 0 bridgehead atoms. The number of carbonyl (C=O) groups excluding carboxylic acids is 1. The third-order valence-corrected chi connectivity index (χ3v) is 6.08. The van der Waals surface area contributed by atoms with Gasteiger partial charge in [-0.3, -0.25) is 9.59 Å². The lowest BCUT2D eigenvalue weighted by molar-refractivity contribution is -0.873. The average molecular weight is 457 g/mol. The molecule has 0 aromatic rings. The van der Waals surface area contributed by atoms with Crippen LogP contribution in [0.15, 0.2) is 0 Å². The molecule has 0 amide bonds. The number of esters is 1. The van der Waals surface area contributed by atoms with Gasteiger partial charge in [0.25, 0.3) is 0 Å². The molecule has 0 rings (SSSR count). The molecule has 0 aromatic carbocycles. The Balaban J connectivity index is 3.64. The number of hydrogen-bond acceptors (Lipinski definition) is 3. The summed E-state index contributed by atoms with van der Waals surface area (Å²) >= 11 is 0. The van der Waals surface area contributed by atoms with E-state index in [4.69, 9.17) is 9.84 Å². The van der Waals surface area contributed by atoms with Crippen LogP contribution in [0.1, 0.15) is 123 Å². The fourth-order valence-corrected chi connectivity index (χ4v) is 4.26. The zero-order chi connectivity index (χ0) is 24.2. The lowest BCUT2D eigenvalue weighted by atomic mass is 9.96. The zero-order valence-corrected chi connectivity index (χ0v) is 22.0. The largest absolute Gasteiger partial charge is 0.481 e. The normalized spacial score (nSPS) is 13.7. The molecule has 0 radical (unpaired) electrons. The predicted molar refractivity (Wildman–Crippen MR) is 134 cm³/mol. The van der Waals surface area contributed by atoms with Crippen LogP contribution < -0.4 is 0 Å². The van der Waals surface area contributed by atoms with E-state index in [1.165, 1.54) is 77.0 Å². The molecule has 190 valence electrons. The molecule has 0 saturated heterocycles. The number of aliphatic carboxylic acids is 1. The van der Waals surface area contributed by atoms with Gasteiger partial charge < -0.3 is 14.3 Å². The average Bonchev–Trinajstić information content (AvgIpc) is 2.67. The van der Waals surface area contributed by atoms with Crippen molar-refractivity contribution < 1.29 is 23.9 Å². The first kappa shape index (κ1) is 30.9. The number of likely N-dealkylation sites (N-methyl/N-ethyl adjacent to an activating group) is 1. The van der Waals surface area contributed by atoms with Crippen LogP contribution in [0, 0.1) is 5.92 Å². The fourth-order valence-electron chi connectivity index (χ4n) is 4.26. The Morgan fingerprint density at radius 1 is 0.781 bits per heavy atom. The van der Waals surface area contributed by atoms with Gasteiger partial charge in [0.1, 0.15) is 6.54 Å². The van der Waals surface area contributed by atoms with E-state index in [1.54, 1.807) is 0 Å². The summed E-state index contributed by atoms with van der Waals surface area (Å²) in [6.07, 6.45) is 19.1. The maximum atomic E-state index is 12.1. The van der Waals surface area contributed by atoms with Crippen molar-refractivity contribution in [2.75, 3.05) is 27.7 Å². The monoisotopic (exact) mass is 456 g/mol. The smallest absolute Gasteiger partial charge is 0.307 e. The van der Waals surface area contributed by atoms with Crippen LogP contribution in [0.4, 0.5) is 0 Å². The fraction of sp³-hybridized carbons (Fsp3) is 0.926. The van der Waals surface area contributed by atoms with Gasteiger partial charge in [-0.15, -0.1) is 0 Å². The maximum absolute atomic E-state index is 12.1. The molecule has 1 N–H and O–H groups in total. The van der Waals surface area contributed by atoms with Crippen molar-refractivity contribution in [3.63, 3.8) is 0 Å². The summed E-state index contributed by atoms with van der Waals surface area (Å²) in [5.74, 6) is -0.314. The third-order valence-electron chi connectivity index (χ3n) is 6.08. The van der Waals surface area contributed by atoms with Gasteiger partial charge in [0, 0.05) is 6.42 Å². The van der Waals surface area contributed by atoms with Crippen molar-refractivity contribution in [1.29, 1.82) is 0 Å². The lowest BCUT2D eigenvalue weighted by Crippen LogP contribution is -2.43. The van der Waals surface area contributed by atoms with Crippen molar-refractivity contribution in [2.45, 2.75) is 129 Å². The number of carboxylic acids is 1. The number of ether oxygens (including phenoxy) is 1. The summed E-state index contributed by atoms with van der Waals surface area (Å²) in [6, 6.07) is 0. The number of unbranched alkanes of at least 4 members (excludes halogenated alkanes) is 11. The van der Waals surface area contributed by atoms with E-state index >= 15 is 0 Å². The van der Waals surface area contributed by atoms with Gasteiger partial charge in [-0.25, -0.2) is 0 Å². The Labute approximate surface area is 198 Å². The molecule has 5 heteroatoms. The van der Waals surface area contributed by atoms with E-state index in [-0.39, 0.29) is 12.4 Å². The Morgan fingerprint density at radius 3 is 1.72 bits per heavy atom. The van der Waals surface area contributed by atoms with Gasteiger partial charge in [-0.1, -0.05) is 104 Å². The van der Waals surface area contributed by atoms with Crippen LogP contribution in [-0.4, -0.2) is 55.3 Å². The van der Waals surface area contributed by atoms with Crippen LogP contribution in [0.3, 0.4) is 0 Å². The zero-order valence-electron chi connectivity index (χ0n) is 22.0. The van der Waals surface area contributed by atoms with E-state index in [1.807, 2.05) is 21.1 Å². The first-order chi connectivity index (χ1) is 15.1. The molecule has 0 aliphatic rings. The second-order valence-corrected chi connectivity index (χ2v) is 10.9. The molecule has 0 fully saturated rings. The van der Waals surface area contributed by atoms with Gasteiger partial charge in [0.15, 0.2) is 6.10 Å². The van der Waals surface area contributed by atoms with Crippen molar-refractivity contribution >= 4 is 11.9 Å². The minimum Gasteiger partial charge on any atom is -0.481 e. The molecule has 2 unspecified atom stereocenters. The molecule has 32 heavy (non-hydrogen) atoms. The number of hydrogen-bond donors (Lipinski definition) is 1. The van der Waals surface area contributed by atoms with Gasteiger partial charge in [-0.2, -0.15) is 0 Å². The summed E-state index contributed by atoms with van der Waals surface area (Å²) in [5, 5.41) is 9.03. The number of nitrogens with zero attached hydrogens (tertiary/aromatic N) is 1. The van der Waals surface area contributed by atoms with Crippen molar-refractivity contribution in [2.24, 2.45) is 5.92 Å². The van der Waals surface area contributed by atoms with Gasteiger partial charge in [-0.05, 0) is 12.3 Å². The minimum absolute atomic E-state index is 0.126. The van der Waals surface area contributed by atoms with Crippen LogP contribution in [0.2, 0.25) is 0 Å². The maximum Gasteiger partial charge on any atom is 0.307 e. The highest BCUT2D eigenvalue weighted by atomic mass is 16.5. The Bertz CT molecular complexity index is 473. The number of carbonyl (C=O) groups is 2. The number of rotatable bonds is 22. The molecular weight excluding hydrogens is 402 g/mol. The first-order valence-corrected chi connectivity index (χ1v) is 13.4. The topological polar surface area (TPSA) is 63.6 Å². The van der Waals surface area contributed by atoms with E-state index in [0.29, 0.717) is 17.4 Å². The molecular formula is C27H54NO4+. The highest BCUT2D eigenvalue weighted by Crippen LogP contribution is 2.19. The second-order valence-electron chi connectivity index (χ2n) is 10.9.